The Morgan fingerprint density at radius 1 is 0.828 bits per heavy atom. The van der Waals surface area contributed by atoms with Crippen molar-refractivity contribution in [2.75, 3.05) is 27.3 Å². The lowest BCUT2D eigenvalue weighted by atomic mass is 10.1. The van der Waals surface area contributed by atoms with Crippen LogP contribution in [0.25, 0.3) is 0 Å². The van der Waals surface area contributed by atoms with E-state index in [4.69, 9.17) is 14.2 Å². The van der Waals surface area contributed by atoms with Crippen LogP contribution in [0, 0.1) is 0 Å². The van der Waals surface area contributed by atoms with Crippen LogP contribution >= 0.6 is 0 Å². The number of amides is 1. The third-order valence-electron chi connectivity index (χ3n) is 4.45. The molecule has 0 aliphatic heterocycles. The first-order valence-electron chi connectivity index (χ1n) is 9.45. The molecule has 0 radical (unpaired) electrons. The largest absolute Gasteiger partial charge is 0.493 e. The fourth-order valence-corrected chi connectivity index (χ4v) is 2.78. The summed E-state index contributed by atoms with van der Waals surface area (Å²) in [5, 5.41) is 0. The molecule has 0 spiro atoms. The second kappa shape index (κ2) is 10.2. The maximum atomic E-state index is 12.6. The van der Waals surface area contributed by atoms with E-state index in [2.05, 4.69) is 0 Å². The molecule has 5 nitrogen and oxygen atoms in total. The summed E-state index contributed by atoms with van der Waals surface area (Å²) in [6.45, 7) is 1.31. The standard InChI is InChI=1S/C24H25NO4/c1-25(16-17-28-23-11-7-6-10-22(23)27-2)24(26)20-14-12-19(13-15-20)18-29-21-8-4-3-5-9-21/h3-15H,16-18H2,1-2H3. The van der Waals surface area contributed by atoms with Crippen LogP contribution in [0.2, 0.25) is 0 Å². The average Bonchev–Trinajstić information content (AvgIpc) is 2.78. The number of nitrogens with zero attached hydrogens (tertiary/aromatic N) is 1. The van der Waals surface area contributed by atoms with Gasteiger partial charge in [0.1, 0.15) is 19.0 Å². The van der Waals surface area contributed by atoms with Crippen molar-refractivity contribution in [3.05, 3.63) is 90.0 Å². The van der Waals surface area contributed by atoms with E-state index in [0.717, 1.165) is 11.3 Å². The summed E-state index contributed by atoms with van der Waals surface area (Å²) in [5.41, 5.74) is 1.64. The minimum atomic E-state index is -0.0517. The van der Waals surface area contributed by atoms with Gasteiger partial charge in [-0.25, -0.2) is 0 Å². The van der Waals surface area contributed by atoms with Crippen molar-refractivity contribution in [3.63, 3.8) is 0 Å². The summed E-state index contributed by atoms with van der Waals surface area (Å²) in [6, 6.07) is 24.6. The Balaban J connectivity index is 1.49. The molecular formula is C24H25NO4. The lowest BCUT2D eigenvalue weighted by Gasteiger charge is -2.18. The van der Waals surface area contributed by atoms with Crippen LogP contribution in [0.15, 0.2) is 78.9 Å². The van der Waals surface area contributed by atoms with Gasteiger partial charge in [0, 0.05) is 12.6 Å². The minimum Gasteiger partial charge on any atom is -0.493 e. The minimum absolute atomic E-state index is 0.0517. The van der Waals surface area contributed by atoms with E-state index in [1.165, 1.54) is 0 Å². The Morgan fingerprint density at radius 3 is 2.17 bits per heavy atom. The molecule has 0 saturated carbocycles. The van der Waals surface area contributed by atoms with Crippen LogP contribution in [0.4, 0.5) is 0 Å². The lowest BCUT2D eigenvalue weighted by Crippen LogP contribution is -2.30. The molecule has 0 unspecified atom stereocenters. The maximum absolute atomic E-state index is 12.6. The van der Waals surface area contributed by atoms with Gasteiger partial charge in [-0.05, 0) is 42.0 Å². The van der Waals surface area contributed by atoms with Crippen molar-refractivity contribution in [3.8, 4) is 17.2 Å². The van der Waals surface area contributed by atoms with E-state index in [0.29, 0.717) is 36.8 Å². The molecule has 0 heterocycles. The van der Waals surface area contributed by atoms with Gasteiger partial charge in [-0.15, -0.1) is 0 Å². The molecule has 29 heavy (non-hydrogen) atoms. The van der Waals surface area contributed by atoms with Crippen LogP contribution in [0.3, 0.4) is 0 Å². The first kappa shape index (κ1) is 20.3. The zero-order valence-electron chi connectivity index (χ0n) is 16.7. The molecule has 0 bridgehead atoms. The molecule has 0 aromatic heterocycles. The van der Waals surface area contributed by atoms with Crippen molar-refractivity contribution in [1.29, 1.82) is 0 Å². The third-order valence-corrected chi connectivity index (χ3v) is 4.45. The second-order valence-electron chi connectivity index (χ2n) is 6.52. The molecular weight excluding hydrogens is 366 g/mol. The van der Waals surface area contributed by atoms with E-state index in [1.54, 1.807) is 19.1 Å². The quantitative estimate of drug-likeness (QED) is 0.542. The monoisotopic (exact) mass is 391 g/mol. The summed E-state index contributed by atoms with van der Waals surface area (Å²) >= 11 is 0. The molecule has 0 fully saturated rings. The fourth-order valence-electron chi connectivity index (χ4n) is 2.78. The number of likely N-dealkylation sites (N-methyl/N-ethyl adjacent to an activating group) is 1. The summed E-state index contributed by atoms with van der Waals surface area (Å²) in [7, 11) is 3.37. The van der Waals surface area contributed by atoms with Gasteiger partial charge in [-0.1, -0.05) is 42.5 Å². The molecule has 0 saturated heterocycles. The number of ether oxygens (including phenoxy) is 3. The maximum Gasteiger partial charge on any atom is 0.253 e. The fraction of sp³-hybridized carbons (Fsp3) is 0.208. The first-order valence-corrected chi connectivity index (χ1v) is 9.45. The normalized spacial score (nSPS) is 10.3. The molecule has 150 valence electrons. The Bertz CT molecular complexity index is 910. The predicted octanol–water partition coefficient (Wildman–Crippen LogP) is 4.43. The van der Waals surface area contributed by atoms with Gasteiger partial charge in [0.05, 0.1) is 13.7 Å². The highest BCUT2D eigenvalue weighted by atomic mass is 16.5. The van der Waals surface area contributed by atoms with Crippen molar-refractivity contribution in [2.24, 2.45) is 0 Å². The molecule has 0 aliphatic rings. The number of methoxy groups -OCH3 is 1. The zero-order valence-corrected chi connectivity index (χ0v) is 16.7. The van der Waals surface area contributed by atoms with Gasteiger partial charge in [0.2, 0.25) is 0 Å². The number of para-hydroxylation sites is 3. The zero-order chi connectivity index (χ0) is 20.5. The summed E-state index contributed by atoms with van der Waals surface area (Å²) < 4.78 is 16.7. The number of hydrogen-bond donors (Lipinski definition) is 0. The van der Waals surface area contributed by atoms with E-state index < -0.39 is 0 Å². The van der Waals surface area contributed by atoms with Crippen molar-refractivity contribution in [2.45, 2.75) is 6.61 Å². The topological polar surface area (TPSA) is 48.0 Å². The van der Waals surface area contributed by atoms with E-state index in [9.17, 15) is 4.79 Å². The first-order chi connectivity index (χ1) is 14.2. The second-order valence-corrected chi connectivity index (χ2v) is 6.52. The predicted molar refractivity (Wildman–Crippen MR) is 113 cm³/mol. The lowest BCUT2D eigenvalue weighted by molar-refractivity contribution is 0.0773. The van der Waals surface area contributed by atoms with Crippen molar-refractivity contribution >= 4 is 5.91 Å². The van der Waals surface area contributed by atoms with Crippen LogP contribution in [0.5, 0.6) is 17.2 Å². The number of rotatable bonds is 9. The van der Waals surface area contributed by atoms with Gasteiger partial charge in [-0.2, -0.15) is 0 Å². The highest BCUT2D eigenvalue weighted by molar-refractivity contribution is 5.94. The van der Waals surface area contributed by atoms with Gasteiger partial charge >= 0.3 is 0 Å². The Morgan fingerprint density at radius 2 is 1.48 bits per heavy atom. The van der Waals surface area contributed by atoms with Gasteiger partial charge in [0.25, 0.3) is 5.91 Å². The molecule has 0 aliphatic carbocycles. The average molecular weight is 391 g/mol. The van der Waals surface area contributed by atoms with E-state index in [1.807, 2.05) is 78.9 Å². The summed E-state index contributed by atoms with van der Waals surface area (Å²) in [5.74, 6) is 2.11. The van der Waals surface area contributed by atoms with Crippen LogP contribution in [-0.4, -0.2) is 38.1 Å². The smallest absolute Gasteiger partial charge is 0.253 e. The van der Waals surface area contributed by atoms with Crippen molar-refractivity contribution in [1.82, 2.24) is 4.90 Å². The van der Waals surface area contributed by atoms with Crippen LogP contribution in [-0.2, 0) is 6.61 Å². The number of carbonyl (C=O) groups excluding carboxylic acids is 1. The van der Waals surface area contributed by atoms with Gasteiger partial charge in [0.15, 0.2) is 11.5 Å². The highest BCUT2D eigenvalue weighted by Crippen LogP contribution is 2.25. The molecule has 0 N–H and O–H groups in total. The number of carbonyl (C=O) groups is 1. The van der Waals surface area contributed by atoms with E-state index in [-0.39, 0.29) is 5.91 Å². The number of benzene rings is 3. The van der Waals surface area contributed by atoms with Gasteiger partial charge in [-0.3, -0.25) is 4.79 Å². The molecule has 5 heteroatoms. The molecule has 1 amide bonds. The Hall–Kier alpha value is -3.47. The molecule has 3 rings (SSSR count). The molecule has 3 aromatic rings. The van der Waals surface area contributed by atoms with Crippen LogP contribution in [0.1, 0.15) is 15.9 Å². The van der Waals surface area contributed by atoms with Crippen LogP contribution < -0.4 is 14.2 Å². The number of hydrogen-bond acceptors (Lipinski definition) is 4. The van der Waals surface area contributed by atoms with Gasteiger partial charge < -0.3 is 19.1 Å². The Labute approximate surface area is 171 Å². The highest BCUT2D eigenvalue weighted by Gasteiger charge is 2.12. The van der Waals surface area contributed by atoms with Crippen molar-refractivity contribution < 1.29 is 19.0 Å². The summed E-state index contributed by atoms with van der Waals surface area (Å²) in [4.78, 5) is 14.3. The summed E-state index contributed by atoms with van der Waals surface area (Å²) in [6.07, 6.45) is 0. The SMILES string of the molecule is COc1ccccc1OCCN(C)C(=O)c1ccc(COc2ccccc2)cc1. The third kappa shape index (κ3) is 5.75. The molecule has 3 aromatic carbocycles. The Kier molecular flexibility index (Phi) is 7.11. The van der Waals surface area contributed by atoms with E-state index >= 15 is 0 Å². The molecule has 0 atom stereocenters.